The van der Waals surface area contributed by atoms with Gasteiger partial charge in [-0.25, -0.2) is 19.2 Å². The quantitative estimate of drug-likeness (QED) is 0.472. The number of nitrogens with one attached hydrogen (secondary N) is 1. The SMILES string of the molecule is Cc1c(C(=O)ON2C(=O)CCC2=O)sc2ncnc(Nc3ccc(F)cc3OC3CCC(O)CC3)c12. The molecule has 0 bridgehead atoms. The van der Waals surface area contributed by atoms with Crippen LogP contribution in [0, 0.1) is 12.7 Å². The number of carbonyl (C=O) groups excluding carboxylic acids is 3. The van der Waals surface area contributed by atoms with Gasteiger partial charge in [-0.3, -0.25) is 9.59 Å². The molecule has 2 aromatic heterocycles. The second kappa shape index (κ2) is 9.78. The Morgan fingerprint density at radius 3 is 2.61 bits per heavy atom. The lowest BCUT2D eigenvalue weighted by Gasteiger charge is -2.27. The number of rotatable bonds is 6. The summed E-state index contributed by atoms with van der Waals surface area (Å²) in [5, 5.41) is 14.0. The Hall–Kier alpha value is -3.64. The third-order valence-electron chi connectivity index (χ3n) is 6.23. The van der Waals surface area contributed by atoms with Crippen molar-refractivity contribution in [3.05, 3.63) is 40.8 Å². The van der Waals surface area contributed by atoms with Gasteiger partial charge in [-0.2, -0.15) is 0 Å². The second-order valence-corrected chi connectivity index (χ2v) is 9.73. The Morgan fingerprint density at radius 1 is 1.17 bits per heavy atom. The molecule has 10 nitrogen and oxygen atoms in total. The van der Waals surface area contributed by atoms with Crippen LogP contribution in [0.1, 0.15) is 53.8 Å². The highest BCUT2D eigenvalue weighted by Crippen LogP contribution is 2.38. The van der Waals surface area contributed by atoms with Crippen LogP contribution in [0.3, 0.4) is 0 Å². The summed E-state index contributed by atoms with van der Waals surface area (Å²) in [5.41, 5.74) is 0.985. The van der Waals surface area contributed by atoms with Gasteiger partial charge in [0.05, 0.1) is 23.3 Å². The number of benzene rings is 1. The molecule has 1 saturated carbocycles. The zero-order chi connectivity index (χ0) is 25.4. The fourth-order valence-electron chi connectivity index (χ4n) is 4.31. The first kappa shape index (κ1) is 24.1. The van der Waals surface area contributed by atoms with Crippen LogP contribution < -0.4 is 10.1 Å². The number of aliphatic hydroxyl groups is 1. The number of anilines is 2. The molecular formula is C24H23FN4O6S. The van der Waals surface area contributed by atoms with Gasteiger partial charge < -0.3 is 20.0 Å². The fourth-order valence-corrected chi connectivity index (χ4v) is 5.33. The molecule has 2 amide bonds. The average molecular weight is 515 g/mol. The maximum Gasteiger partial charge on any atom is 0.374 e. The molecule has 1 aromatic carbocycles. The van der Waals surface area contributed by atoms with Crippen molar-refractivity contribution < 1.29 is 33.5 Å². The van der Waals surface area contributed by atoms with Crippen LogP contribution >= 0.6 is 11.3 Å². The van der Waals surface area contributed by atoms with Crippen molar-refractivity contribution in [3.8, 4) is 5.75 Å². The highest BCUT2D eigenvalue weighted by Gasteiger charge is 2.34. The number of fused-ring (bicyclic) bond motifs is 1. The largest absolute Gasteiger partial charge is 0.488 e. The van der Waals surface area contributed by atoms with E-state index in [0.29, 0.717) is 63.8 Å². The summed E-state index contributed by atoms with van der Waals surface area (Å²) in [6.07, 6.45) is 3.40. The molecular weight excluding hydrogens is 491 g/mol. The van der Waals surface area contributed by atoms with Crippen molar-refractivity contribution in [2.24, 2.45) is 0 Å². The first-order valence-corrected chi connectivity index (χ1v) is 12.3. The number of nitrogens with zero attached hydrogens (tertiary/aromatic N) is 3. The molecule has 1 aliphatic heterocycles. The van der Waals surface area contributed by atoms with Crippen molar-refractivity contribution in [2.45, 2.75) is 57.7 Å². The summed E-state index contributed by atoms with van der Waals surface area (Å²) in [5.74, 6) is -1.74. The van der Waals surface area contributed by atoms with E-state index in [1.165, 1.54) is 24.5 Å². The van der Waals surface area contributed by atoms with Crippen LogP contribution in [-0.2, 0) is 14.4 Å². The molecule has 3 heterocycles. The number of ether oxygens (including phenoxy) is 1. The van der Waals surface area contributed by atoms with E-state index in [9.17, 15) is 23.9 Å². The highest BCUT2D eigenvalue weighted by molar-refractivity contribution is 7.20. The Balaban J connectivity index is 1.42. The van der Waals surface area contributed by atoms with Gasteiger partial charge in [0, 0.05) is 18.9 Å². The van der Waals surface area contributed by atoms with Gasteiger partial charge in [0.25, 0.3) is 11.8 Å². The van der Waals surface area contributed by atoms with E-state index in [1.54, 1.807) is 6.92 Å². The first-order chi connectivity index (χ1) is 17.3. The van der Waals surface area contributed by atoms with Crippen LogP contribution in [0.25, 0.3) is 10.2 Å². The van der Waals surface area contributed by atoms with Crippen LogP contribution in [0.2, 0.25) is 0 Å². The van der Waals surface area contributed by atoms with Gasteiger partial charge >= 0.3 is 5.97 Å². The molecule has 1 saturated heterocycles. The van der Waals surface area contributed by atoms with Gasteiger partial charge in [-0.1, -0.05) is 0 Å². The lowest BCUT2D eigenvalue weighted by molar-refractivity contribution is -0.172. The molecule has 0 unspecified atom stereocenters. The number of amides is 2. The first-order valence-electron chi connectivity index (χ1n) is 11.5. The Kier molecular flexibility index (Phi) is 6.54. The molecule has 2 fully saturated rings. The Bertz CT molecular complexity index is 1340. The maximum absolute atomic E-state index is 14.1. The number of hydrogen-bond donors (Lipinski definition) is 2. The average Bonchev–Trinajstić information content (AvgIpc) is 3.36. The standard InChI is InChI=1S/C24H23FN4O6S/c1-12-20-22(28-16-7-2-13(25)10-17(16)34-15-5-3-14(30)4-6-15)26-11-27-23(20)36-21(12)24(33)35-29-18(31)8-9-19(29)32/h2,7,10-11,14-15,30H,3-6,8-9H2,1H3,(H,26,27,28). The number of imide groups is 1. The Morgan fingerprint density at radius 2 is 1.89 bits per heavy atom. The third kappa shape index (κ3) is 4.73. The molecule has 12 heteroatoms. The number of aliphatic hydroxyl groups excluding tert-OH is 1. The van der Waals surface area contributed by atoms with E-state index in [1.807, 2.05) is 0 Å². The monoisotopic (exact) mass is 514 g/mol. The molecule has 0 spiro atoms. The van der Waals surface area contributed by atoms with E-state index in [-0.39, 0.29) is 29.9 Å². The number of halogens is 1. The topological polar surface area (TPSA) is 131 Å². The maximum atomic E-state index is 14.1. The van der Waals surface area contributed by atoms with Gasteiger partial charge in [0.1, 0.15) is 33.4 Å². The molecule has 3 aromatic rings. The summed E-state index contributed by atoms with van der Waals surface area (Å²) in [7, 11) is 0. The van der Waals surface area contributed by atoms with Gasteiger partial charge in [0.15, 0.2) is 0 Å². The molecule has 2 aliphatic rings. The van der Waals surface area contributed by atoms with E-state index in [4.69, 9.17) is 9.57 Å². The number of aryl methyl sites for hydroxylation is 1. The summed E-state index contributed by atoms with van der Waals surface area (Å²) in [4.78, 5) is 50.7. The molecule has 5 rings (SSSR count). The number of hydrogen-bond acceptors (Lipinski definition) is 10. The van der Waals surface area contributed by atoms with E-state index < -0.39 is 23.6 Å². The van der Waals surface area contributed by atoms with Crippen molar-refractivity contribution in [1.82, 2.24) is 15.0 Å². The molecule has 0 radical (unpaired) electrons. The summed E-state index contributed by atoms with van der Waals surface area (Å²) < 4.78 is 20.1. The minimum atomic E-state index is -0.838. The van der Waals surface area contributed by atoms with Crippen LogP contribution in [0.4, 0.5) is 15.9 Å². The van der Waals surface area contributed by atoms with Crippen molar-refractivity contribution >= 4 is 50.8 Å². The van der Waals surface area contributed by atoms with Crippen LogP contribution in [0.15, 0.2) is 24.5 Å². The molecule has 1 aliphatic carbocycles. The Labute approximate surface area is 209 Å². The number of hydroxylamine groups is 2. The number of thiophene rings is 1. The second-order valence-electron chi connectivity index (χ2n) is 8.73. The van der Waals surface area contributed by atoms with Crippen LogP contribution in [-0.4, -0.2) is 50.1 Å². The third-order valence-corrected chi connectivity index (χ3v) is 7.41. The van der Waals surface area contributed by atoms with Crippen molar-refractivity contribution in [3.63, 3.8) is 0 Å². The van der Waals surface area contributed by atoms with Crippen molar-refractivity contribution in [1.29, 1.82) is 0 Å². The van der Waals surface area contributed by atoms with Gasteiger partial charge in [-0.15, -0.1) is 16.4 Å². The minimum absolute atomic E-state index is 0.000563. The summed E-state index contributed by atoms with van der Waals surface area (Å²) in [6.45, 7) is 1.69. The van der Waals surface area contributed by atoms with Gasteiger partial charge in [-0.05, 0) is 50.3 Å². The fraction of sp³-hybridized carbons (Fsp3) is 0.375. The molecule has 36 heavy (non-hydrogen) atoms. The number of carbonyl (C=O) groups is 3. The number of aromatic nitrogens is 2. The smallest absolute Gasteiger partial charge is 0.374 e. The lowest BCUT2D eigenvalue weighted by atomic mass is 9.95. The summed E-state index contributed by atoms with van der Waals surface area (Å²) in [6, 6.07) is 4.13. The van der Waals surface area contributed by atoms with E-state index >= 15 is 0 Å². The zero-order valence-electron chi connectivity index (χ0n) is 19.3. The highest BCUT2D eigenvalue weighted by atomic mass is 32.1. The van der Waals surface area contributed by atoms with Crippen molar-refractivity contribution in [2.75, 3.05) is 5.32 Å². The van der Waals surface area contributed by atoms with E-state index in [0.717, 1.165) is 11.3 Å². The molecule has 0 atom stereocenters. The molecule has 2 N–H and O–H groups in total. The predicted octanol–water partition coefficient (Wildman–Crippen LogP) is 3.79. The van der Waals surface area contributed by atoms with Gasteiger partial charge in [0.2, 0.25) is 0 Å². The van der Waals surface area contributed by atoms with Crippen LogP contribution in [0.5, 0.6) is 5.75 Å². The molecule has 188 valence electrons. The normalized spacial score (nSPS) is 20.1. The minimum Gasteiger partial charge on any atom is -0.488 e. The van der Waals surface area contributed by atoms with E-state index in [2.05, 4.69) is 15.3 Å². The lowest BCUT2D eigenvalue weighted by Crippen LogP contribution is -2.31. The predicted molar refractivity (Wildman–Crippen MR) is 127 cm³/mol. The summed E-state index contributed by atoms with van der Waals surface area (Å²) >= 11 is 1.05. The zero-order valence-corrected chi connectivity index (χ0v) is 20.1.